The number of ether oxygens (including phenoxy) is 1. The number of carboxylic acid groups (broad SMARTS) is 1. The van der Waals surface area contributed by atoms with Crippen LogP contribution in [0.1, 0.15) is 35.7 Å². The normalized spacial score (nSPS) is 9.83. The molecule has 18 heavy (non-hydrogen) atoms. The average Bonchev–Trinajstić information content (AvgIpc) is 2.34. The number of benzene rings is 1. The van der Waals surface area contributed by atoms with E-state index in [0.717, 1.165) is 0 Å². The number of carboxylic acids is 1. The van der Waals surface area contributed by atoms with Crippen molar-refractivity contribution in [3.8, 4) is 0 Å². The summed E-state index contributed by atoms with van der Waals surface area (Å²) in [6.07, 6.45) is 0.157. The quantitative estimate of drug-likeness (QED) is 0.778. The zero-order valence-corrected chi connectivity index (χ0v) is 10.0. The Morgan fingerprint density at radius 1 is 1.17 bits per heavy atom. The van der Waals surface area contributed by atoms with Crippen molar-refractivity contribution in [3.05, 3.63) is 35.4 Å². The third kappa shape index (κ3) is 4.37. The maximum absolute atomic E-state index is 11.3. The van der Waals surface area contributed by atoms with Crippen LogP contribution in [-0.4, -0.2) is 22.8 Å². The molecular weight excluding hydrogens is 236 g/mol. The van der Waals surface area contributed by atoms with E-state index in [0.29, 0.717) is 5.56 Å². The second-order valence-electron chi connectivity index (χ2n) is 3.82. The molecule has 1 N–H and O–H groups in total. The fourth-order valence-corrected chi connectivity index (χ4v) is 1.36. The summed E-state index contributed by atoms with van der Waals surface area (Å²) in [6, 6.07) is 6.30. The summed E-state index contributed by atoms with van der Waals surface area (Å²) in [7, 11) is 0. The Hall–Kier alpha value is -2.17. The zero-order valence-electron chi connectivity index (χ0n) is 10.0. The van der Waals surface area contributed by atoms with Crippen molar-refractivity contribution >= 4 is 17.7 Å². The first-order valence-corrected chi connectivity index (χ1v) is 5.47. The number of hydrogen-bond donors (Lipinski definition) is 1. The summed E-state index contributed by atoms with van der Waals surface area (Å²) >= 11 is 0. The van der Waals surface area contributed by atoms with Crippen LogP contribution in [-0.2, 0) is 20.9 Å². The SMILES string of the molecule is CC(=O)CCC(=O)OCc1ccccc1C(=O)O. The number of hydrogen-bond acceptors (Lipinski definition) is 4. The standard InChI is InChI=1S/C13H14O5/c1-9(14)6-7-12(15)18-8-10-4-2-3-5-11(10)13(16)17/h2-5H,6-8H2,1H3,(H,16,17). The van der Waals surface area contributed by atoms with E-state index in [1.807, 2.05) is 0 Å². The number of Topliss-reactive ketones (excluding diaryl/α,β-unsaturated/α-hetero) is 1. The molecule has 0 unspecified atom stereocenters. The van der Waals surface area contributed by atoms with Gasteiger partial charge in [0, 0.05) is 12.0 Å². The number of esters is 1. The molecule has 1 rings (SSSR count). The fourth-order valence-electron chi connectivity index (χ4n) is 1.36. The highest BCUT2D eigenvalue weighted by atomic mass is 16.5. The van der Waals surface area contributed by atoms with Gasteiger partial charge >= 0.3 is 11.9 Å². The van der Waals surface area contributed by atoms with E-state index in [4.69, 9.17) is 9.84 Å². The maximum atomic E-state index is 11.3. The molecule has 0 aliphatic rings. The molecule has 5 heteroatoms. The van der Waals surface area contributed by atoms with Crippen molar-refractivity contribution in [1.29, 1.82) is 0 Å². The van der Waals surface area contributed by atoms with E-state index in [-0.39, 0.29) is 30.8 Å². The Kier molecular flexibility index (Phi) is 5.05. The molecule has 0 bridgehead atoms. The van der Waals surface area contributed by atoms with Crippen LogP contribution in [0.4, 0.5) is 0 Å². The van der Waals surface area contributed by atoms with Gasteiger partial charge in [-0.05, 0) is 13.0 Å². The third-order valence-corrected chi connectivity index (χ3v) is 2.32. The molecule has 0 atom stereocenters. The maximum Gasteiger partial charge on any atom is 0.336 e. The summed E-state index contributed by atoms with van der Waals surface area (Å²) in [5.41, 5.74) is 0.540. The fraction of sp³-hybridized carbons (Fsp3) is 0.308. The van der Waals surface area contributed by atoms with E-state index in [1.54, 1.807) is 18.2 Å². The van der Waals surface area contributed by atoms with Crippen LogP contribution in [0.3, 0.4) is 0 Å². The highest BCUT2D eigenvalue weighted by molar-refractivity contribution is 5.89. The van der Waals surface area contributed by atoms with Gasteiger partial charge in [0.05, 0.1) is 12.0 Å². The third-order valence-electron chi connectivity index (χ3n) is 2.32. The molecule has 0 aromatic heterocycles. The lowest BCUT2D eigenvalue weighted by atomic mass is 10.1. The molecular formula is C13H14O5. The van der Waals surface area contributed by atoms with Crippen molar-refractivity contribution in [2.45, 2.75) is 26.4 Å². The summed E-state index contributed by atoms with van der Waals surface area (Å²) in [6.45, 7) is 1.30. The van der Waals surface area contributed by atoms with Crippen molar-refractivity contribution < 1.29 is 24.2 Å². The molecule has 0 saturated carbocycles. The second-order valence-corrected chi connectivity index (χ2v) is 3.82. The van der Waals surface area contributed by atoms with Crippen LogP contribution in [0.15, 0.2) is 24.3 Å². The largest absolute Gasteiger partial charge is 0.478 e. The van der Waals surface area contributed by atoms with Gasteiger partial charge < -0.3 is 14.6 Å². The average molecular weight is 250 g/mol. The molecule has 0 amide bonds. The van der Waals surface area contributed by atoms with Gasteiger partial charge in [-0.3, -0.25) is 4.79 Å². The first-order chi connectivity index (χ1) is 8.50. The summed E-state index contributed by atoms with van der Waals surface area (Å²) in [4.78, 5) is 32.9. The van der Waals surface area contributed by atoms with Crippen molar-refractivity contribution in [3.63, 3.8) is 0 Å². The Morgan fingerprint density at radius 2 is 1.83 bits per heavy atom. The number of rotatable bonds is 6. The molecule has 1 aromatic rings. The van der Waals surface area contributed by atoms with Gasteiger partial charge in [0.2, 0.25) is 0 Å². The molecule has 0 aliphatic heterocycles. The molecule has 0 aliphatic carbocycles. The monoisotopic (exact) mass is 250 g/mol. The molecule has 0 spiro atoms. The summed E-state index contributed by atoms with van der Waals surface area (Å²) < 4.78 is 4.91. The lowest BCUT2D eigenvalue weighted by Crippen LogP contribution is -2.09. The molecule has 0 saturated heterocycles. The Morgan fingerprint density at radius 3 is 2.44 bits per heavy atom. The van der Waals surface area contributed by atoms with Gasteiger partial charge in [0.1, 0.15) is 12.4 Å². The summed E-state index contributed by atoms with van der Waals surface area (Å²) in [5, 5.41) is 8.92. The molecule has 96 valence electrons. The van der Waals surface area contributed by atoms with Crippen LogP contribution in [0, 0.1) is 0 Å². The second kappa shape index (κ2) is 6.54. The van der Waals surface area contributed by atoms with Gasteiger partial charge in [-0.2, -0.15) is 0 Å². The van der Waals surface area contributed by atoms with E-state index >= 15 is 0 Å². The minimum absolute atomic E-state index is 0.0184. The molecule has 0 fully saturated rings. The van der Waals surface area contributed by atoms with Gasteiger partial charge in [0.15, 0.2) is 0 Å². The van der Waals surface area contributed by atoms with Gasteiger partial charge in [-0.25, -0.2) is 4.79 Å². The van der Waals surface area contributed by atoms with Crippen molar-refractivity contribution in [1.82, 2.24) is 0 Å². The number of carbonyl (C=O) groups is 3. The van der Waals surface area contributed by atoms with Crippen molar-refractivity contribution in [2.75, 3.05) is 0 Å². The van der Waals surface area contributed by atoms with Gasteiger partial charge in [-0.1, -0.05) is 18.2 Å². The Bertz CT molecular complexity index is 464. The van der Waals surface area contributed by atoms with Crippen LogP contribution in [0.25, 0.3) is 0 Å². The van der Waals surface area contributed by atoms with E-state index in [2.05, 4.69) is 0 Å². The minimum atomic E-state index is -1.06. The van der Waals surface area contributed by atoms with Crippen LogP contribution in [0.5, 0.6) is 0 Å². The number of carbonyl (C=O) groups excluding carboxylic acids is 2. The van der Waals surface area contributed by atoms with Crippen LogP contribution >= 0.6 is 0 Å². The van der Waals surface area contributed by atoms with Gasteiger partial charge in [-0.15, -0.1) is 0 Å². The van der Waals surface area contributed by atoms with Crippen LogP contribution in [0.2, 0.25) is 0 Å². The van der Waals surface area contributed by atoms with Gasteiger partial charge in [0.25, 0.3) is 0 Å². The predicted molar refractivity (Wildman–Crippen MR) is 63.1 cm³/mol. The van der Waals surface area contributed by atoms with Crippen LogP contribution < -0.4 is 0 Å². The predicted octanol–water partition coefficient (Wildman–Crippen LogP) is 1.80. The number of ketones is 1. The highest BCUT2D eigenvalue weighted by Crippen LogP contribution is 2.10. The number of aromatic carboxylic acids is 1. The molecule has 0 radical (unpaired) electrons. The lowest BCUT2D eigenvalue weighted by Gasteiger charge is -2.07. The molecule has 5 nitrogen and oxygen atoms in total. The van der Waals surface area contributed by atoms with Crippen molar-refractivity contribution in [2.24, 2.45) is 0 Å². The van der Waals surface area contributed by atoms with E-state index < -0.39 is 11.9 Å². The minimum Gasteiger partial charge on any atom is -0.478 e. The smallest absolute Gasteiger partial charge is 0.336 e. The topological polar surface area (TPSA) is 80.7 Å². The zero-order chi connectivity index (χ0) is 13.5. The Balaban J connectivity index is 2.56. The highest BCUT2D eigenvalue weighted by Gasteiger charge is 2.11. The molecule has 0 heterocycles. The molecule has 1 aromatic carbocycles. The Labute approximate surface area is 104 Å². The lowest BCUT2D eigenvalue weighted by molar-refractivity contribution is -0.146. The first-order valence-electron chi connectivity index (χ1n) is 5.47. The first kappa shape index (κ1) is 13.9. The van der Waals surface area contributed by atoms with E-state index in [9.17, 15) is 14.4 Å². The summed E-state index contributed by atoms with van der Waals surface area (Å²) in [5.74, 6) is -1.66. The van der Waals surface area contributed by atoms with E-state index in [1.165, 1.54) is 13.0 Å².